The molecule has 5 nitrogen and oxygen atoms in total. The summed E-state index contributed by atoms with van der Waals surface area (Å²) in [5.41, 5.74) is 2.22. The van der Waals surface area contributed by atoms with Crippen LogP contribution in [0.25, 0.3) is 0 Å². The molecule has 2 aromatic rings. The third kappa shape index (κ3) is 5.05. The zero-order chi connectivity index (χ0) is 26.0. The Bertz CT molecular complexity index is 1320. The molecule has 2 aromatic carbocycles. The van der Waals surface area contributed by atoms with Gasteiger partial charge < -0.3 is 10.6 Å². The van der Waals surface area contributed by atoms with Crippen LogP contribution in [-0.2, 0) is 15.8 Å². The van der Waals surface area contributed by atoms with Crippen LogP contribution in [0.15, 0.2) is 64.3 Å². The lowest BCUT2D eigenvalue weighted by Gasteiger charge is -2.34. The number of nitrogens with one attached hydrogen (secondary N) is 2. The Labute approximate surface area is 211 Å². The Morgan fingerprint density at radius 2 is 1.83 bits per heavy atom. The SMILES string of the molecule is Cc1cccc(C)c1NC(=O)CSC1=C(C#N)[C@@H](c2ccccc2C(F)(F)F)C2=C(CCCC2=O)N1. The zero-order valence-electron chi connectivity index (χ0n) is 19.8. The van der Waals surface area contributed by atoms with Gasteiger partial charge in [-0.2, -0.15) is 18.4 Å². The van der Waals surface area contributed by atoms with Gasteiger partial charge in [0.2, 0.25) is 5.91 Å². The third-order valence-corrected chi connectivity index (χ3v) is 7.35. The Morgan fingerprint density at radius 3 is 2.50 bits per heavy atom. The third-order valence-electron chi connectivity index (χ3n) is 6.33. The lowest BCUT2D eigenvalue weighted by atomic mass is 9.75. The van der Waals surface area contributed by atoms with Crippen molar-refractivity contribution in [1.82, 2.24) is 5.32 Å². The molecule has 0 aromatic heterocycles. The molecule has 9 heteroatoms. The van der Waals surface area contributed by atoms with E-state index in [9.17, 15) is 28.0 Å². The molecule has 0 bridgehead atoms. The van der Waals surface area contributed by atoms with Gasteiger partial charge in [0.15, 0.2) is 5.78 Å². The number of carbonyl (C=O) groups is 2. The number of nitrogens with zero attached hydrogens (tertiary/aromatic N) is 1. The molecule has 0 saturated carbocycles. The Morgan fingerprint density at radius 1 is 1.14 bits per heavy atom. The van der Waals surface area contributed by atoms with E-state index in [0.717, 1.165) is 29.0 Å². The zero-order valence-corrected chi connectivity index (χ0v) is 20.6. The van der Waals surface area contributed by atoms with E-state index < -0.39 is 17.7 Å². The van der Waals surface area contributed by atoms with Crippen LogP contribution in [0.2, 0.25) is 0 Å². The quantitative estimate of drug-likeness (QED) is 0.505. The van der Waals surface area contributed by atoms with E-state index in [-0.39, 0.29) is 40.6 Å². The first-order chi connectivity index (χ1) is 17.1. The van der Waals surface area contributed by atoms with Gasteiger partial charge in [-0.3, -0.25) is 9.59 Å². The number of hydrogen-bond acceptors (Lipinski definition) is 5. The second kappa shape index (κ2) is 10.2. The average molecular weight is 512 g/mol. The standard InChI is InChI=1S/C27H24F3N3O2S/c1-15-7-5-8-16(2)25(15)33-22(35)14-36-26-18(13-31)23(24-20(32-26)11-6-12-21(24)34)17-9-3-4-10-19(17)27(28,29)30/h3-5,7-10,23,32H,6,11-12,14H2,1-2H3,(H,33,35)/t23-/m1/s1. The van der Waals surface area contributed by atoms with E-state index >= 15 is 0 Å². The lowest BCUT2D eigenvalue weighted by molar-refractivity contribution is -0.138. The van der Waals surface area contributed by atoms with Crippen molar-refractivity contribution in [3.8, 4) is 6.07 Å². The number of rotatable bonds is 5. The van der Waals surface area contributed by atoms with E-state index in [1.54, 1.807) is 0 Å². The highest BCUT2D eigenvalue weighted by molar-refractivity contribution is 8.03. The molecule has 0 spiro atoms. The number of thioether (sulfide) groups is 1. The summed E-state index contributed by atoms with van der Waals surface area (Å²) in [6.45, 7) is 3.76. The van der Waals surface area contributed by atoms with E-state index in [4.69, 9.17) is 0 Å². The van der Waals surface area contributed by atoms with Gasteiger partial charge in [-0.15, -0.1) is 0 Å². The summed E-state index contributed by atoms with van der Waals surface area (Å²) >= 11 is 1.05. The van der Waals surface area contributed by atoms with E-state index in [1.807, 2.05) is 38.1 Å². The van der Waals surface area contributed by atoms with Crippen molar-refractivity contribution >= 4 is 29.1 Å². The number of ketones is 1. The summed E-state index contributed by atoms with van der Waals surface area (Å²) in [6, 6.07) is 12.7. The minimum atomic E-state index is -4.65. The maximum absolute atomic E-state index is 13.9. The van der Waals surface area contributed by atoms with Crippen molar-refractivity contribution in [3.05, 3.63) is 86.6 Å². The van der Waals surface area contributed by atoms with Crippen LogP contribution in [-0.4, -0.2) is 17.4 Å². The predicted octanol–water partition coefficient (Wildman–Crippen LogP) is 6.12. The van der Waals surface area contributed by atoms with Crippen LogP contribution in [0.4, 0.5) is 18.9 Å². The molecule has 1 amide bonds. The molecule has 1 aliphatic heterocycles. The van der Waals surface area contributed by atoms with Crippen molar-refractivity contribution in [3.63, 3.8) is 0 Å². The number of hydrogen-bond donors (Lipinski definition) is 2. The number of amides is 1. The van der Waals surface area contributed by atoms with Crippen LogP contribution in [0.5, 0.6) is 0 Å². The molecule has 2 N–H and O–H groups in total. The monoisotopic (exact) mass is 511 g/mol. The number of nitriles is 1. The van der Waals surface area contributed by atoms with E-state index in [0.29, 0.717) is 29.3 Å². The fourth-order valence-corrected chi connectivity index (χ4v) is 5.54. The first-order valence-electron chi connectivity index (χ1n) is 11.4. The molecule has 1 aliphatic carbocycles. The first kappa shape index (κ1) is 25.6. The largest absolute Gasteiger partial charge is 0.416 e. The van der Waals surface area contributed by atoms with Gasteiger partial charge in [-0.05, 0) is 49.4 Å². The van der Waals surface area contributed by atoms with Crippen molar-refractivity contribution in [1.29, 1.82) is 5.26 Å². The maximum Gasteiger partial charge on any atom is 0.416 e. The van der Waals surface area contributed by atoms with Gasteiger partial charge in [0.25, 0.3) is 0 Å². The molecule has 186 valence electrons. The fourth-order valence-electron chi connectivity index (χ4n) is 4.68. The highest BCUT2D eigenvalue weighted by Gasteiger charge is 2.42. The van der Waals surface area contributed by atoms with Gasteiger partial charge in [-0.1, -0.05) is 48.2 Å². The van der Waals surface area contributed by atoms with Gasteiger partial charge in [0.05, 0.1) is 33.9 Å². The van der Waals surface area contributed by atoms with Gasteiger partial charge in [0.1, 0.15) is 0 Å². The topological polar surface area (TPSA) is 82.0 Å². The predicted molar refractivity (Wildman–Crippen MR) is 133 cm³/mol. The highest BCUT2D eigenvalue weighted by Crippen LogP contribution is 2.47. The van der Waals surface area contributed by atoms with Crippen LogP contribution < -0.4 is 10.6 Å². The van der Waals surface area contributed by atoms with Gasteiger partial charge >= 0.3 is 6.18 Å². The summed E-state index contributed by atoms with van der Waals surface area (Å²) in [5, 5.41) is 16.3. The smallest absolute Gasteiger partial charge is 0.352 e. The molecule has 0 unspecified atom stereocenters. The second-order valence-electron chi connectivity index (χ2n) is 8.77. The number of allylic oxidation sites excluding steroid dienone is 3. The second-order valence-corrected chi connectivity index (χ2v) is 9.76. The first-order valence-corrected chi connectivity index (χ1v) is 12.4. The number of halogens is 3. The maximum atomic E-state index is 13.9. The average Bonchev–Trinajstić information content (AvgIpc) is 2.84. The van der Waals surface area contributed by atoms with Crippen LogP contribution in [0.3, 0.4) is 0 Å². The van der Waals surface area contributed by atoms with Crippen LogP contribution in [0.1, 0.15) is 47.4 Å². The Balaban J connectivity index is 1.70. The molecule has 0 fully saturated rings. The molecule has 2 aliphatic rings. The summed E-state index contributed by atoms with van der Waals surface area (Å²) in [4.78, 5) is 25.6. The molecule has 4 rings (SSSR count). The summed E-state index contributed by atoms with van der Waals surface area (Å²) in [6.07, 6.45) is -3.40. The normalized spacial score (nSPS) is 17.9. The number of para-hydroxylation sites is 1. The van der Waals surface area contributed by atoms with Crippen molar-refractivity contribution in [2.24, 2.45) is 0 Å². The van der Waals surface area contributed by atoms with Gasteiger partial charge in [0, 0.05) is 23.4 Å². The van der Waals surface area contributed by atoms with Crippen LogP contribution >= 0.6 is 11.8 Å². The van der Waals surface area contributed by atoms with E-state index in [1.165, 1.54) is 18.2 Å². The molecule has 1 atom stereocenters. The van der Waals surface area contributed by atoms with Crippen molar-refractivity contribution in [2.45, 2.75) is 45.2 Å². The van der Waals surface area contributed by atoms with E-state index in [2.05, 4.69) is 10.6 Å². The number of dihydropyridines is 1. The number of alkyl halides is 3. The molecule has 36 heavy (non-hydrogen) atoms. The molecule has 0 radical (unpaired) electrons. The summed E-state index contributed by atoms with van der Waals surface area (Å²) < 4.78 is 41.7. The summed E-state index contributed by atoms with van der Waals surface area (Å²) in [5.74, 6) is -1.79. The Kier molecular flexibility index (Phi) is 7.27. The van der Waals surface area contributed by atoms with Crippen LogP contribution in [0, 0.1) is 25.2 Å². The number of anilines is 1. The number of benzene rings is 2. The van der Waals surface area contributed by atoms with Crippen molar-refractivity contribution < 1.29 is 22.8 Å². The minimum absolute atomic E-state index is 0.00516. The Hall–Kier alpha value is -3.51. The minimum Gasteiger partial charge on any atom is -0.352 e. The highest BCUT2D eigenvalue weighted by atomic mass is 32.2. The molecular formula is C27H24F3N3O2S. The number of carbonyl (C=O) groups excluding carboxylic acids is 2. The lowest BCUT2D eigenvalue weighted by Crippen LogP contribution is -2.32. The van der Waals surface area contributed by atoms with Gasteiger partial charge in [-0.25, -0.2) is 0 Å². The number of Topliss-reactive ketones (excluding diaryl/α,β-unsaturated/α-hetero) is 1. The molecule has 0 saturated heterocycles. The number of aryl methyl sites for hydroxylation is 2. The summed E-state index contributed by atoms with van der Waals surface area (Å²) in [7, 11) is 0. The molecule has 1 heterocycles. The molecular weight excluding hydrogens is 487 g/mol. The fraction of sp³-hybridized carbons (Fsp3) is 0.296. The van der Waals surface area contributed by atoms with Crippen molar-refractivity contribution in [2.75, 3.05) is 11.1 Å².